The molecule has 118 valence electrons. The van der Waals surface area contributed by atoms with E-state index in [0.717, 1.165) is 23.5 Å². The van der Waals surface area contributed by atoms with Crippen LogP contribution in [0.15, 0.2) is 16.5 Å². The molecule has 0 aliphatic heterocycles. The van der Waals surface area contributed by atoms with Crippen molar-refractivity contribution in [2.75, 3.05) is 13.6 Å². The molecule has 0 unspecified atom stereocenters. The van der Waals surface area contributed by atoms with Crippen LogP contribution in [0.25, 0.3) is 11.1 Å². The predicted octanol–water partition coefficient (Wildman–Crippen LogP) is 4.15. The first-order valence-electron chi connectivity index (χ1n) is 8.70. The second-order valence-corrected chi connectivity index (χ2v) is 7.51. The highest BCUT2D eigenvalue weighted by atomic mass is 16.3. The SMILES string of the molecule is CNCC[C@@]1(C)c2cc3oc(C4CC4)nc3cc2CC[C@H]1C. The highest BCUT2D eigenvalue weighted by molar-refractivity contribution is 5.76. The molecule has 0 saturated heterocycles. The lowest BCUT2D eigenvalue weighted by atomic mass is 9.63. The first-order chi connectivity index (χ1) is 10.6. The lowest BCUT2D eigenvalue weighted by molar-refractivity contribution is 0.257. The van der Waals surface area contributed by atoms with Crippen molar-refractivity contribution in [3.05, 3.63) is 29.2 Å². The first-order valence-corrected chi connectivity index (χ1v) is 8.70. The Hall–Kier alpha value is -1.35. The van der Waals surface area contributed by atoms with Gasteiger partial charge in [-0.1, -0.05) is 13.8 Å². The Labute approximate surface area is 132 Å². The number of aryl methyl sites for hydroxylation is 1. The van der Waals surface area contributed by atoms with Crippen LogP contribution in [0.3, 0.4) is 0 Å². The molecule has 1 heterocycles. The molecule has 2 aliphatic carbocycles. The number of benzene rings is 1. The van der Waals surface area contributed by atoms with Gasteiger partial charge >= 0.3 is 0 Å². The number of hydrogen-bond donors (Lipinski definition) is 1. The molecule has 0 amide bonds. The fraction of sp³-hybridized carbons (Fsp3) is 0.632. The van der Waals surface area contributed by atoms with Crippen LogP contribution < -0.4 is 5.32 Å². The molecule has 3 nitrogen and oxygen atoms in total. The summed E-state index contributed by atoms with van der Waals surface area (Å²) in [5, 5.41) is 3.32. The largest absolute Gasteiger partial charge is 0.440 e. The first kappa shape index (κ1) is 14.3. The van der Waals surface area contributed by atoms with Gasteiger partial charge in [0.2, 0.25) is 0 Å². The third kappa shape index (κ3) is 2.18. The fourth-order valence-electron chi connectivity index (χ4n) is 4.00. The molecule has 2 aromatic rings. The Bertz CT molecular complexity index is 701. The Morgan fingerprint density at radius 1 is 1.32 bits per heavy atom. The van der Waals surface area contributed by atoms with Gasteiger partial charge in [0, 0.05) is 5.92 Å². The van der Waals surface area contributed by atoms with Crippen LogP contribution >= 0.6 is 0 Å². The monoisotopic (exact) mass is 298 g/mol. The maximum atomic E-state index is 6.06. The van der Waals surface area contributed by atoms with E-state index in [1.165, 1.54) is 43.2 Å². The minimum Gasteiger partial charge on any atom is -0.440 e. The van der Waals surface area contributed by atoms with Crippen molar-refractivity contribution in [3.63, 3.8) is 0 Å². The number of fused-ring (bicyclic) bond motifs is 2. The van der Waals surface area contributed by atoms with Crippen LogP contribution in [0.5, 0.6) is 0 Å². The highest BCUT2D eigenvalue weighted by Crippen LogP contribution is 2.46. The van der Waals surface area contributed by atoms with Crippen LogP contribution in [0.1, 0.15) is 62.5 Å². The minimum atomic E-state index is 0.233. The van der Waals surface area contributed by atoms with Crippen molar-refractivity contribution in [1.82, 2.24) is 10.3 Å². The summed E-state index contributed by atoms with van der Waals surface area (Å²) in [6, 6.07) is 4.60. The van der Waals surface area contributed by atoms with Crippen molar-refractivity contribution in [1.29, 1.82) is 0 Å². The van der Waals surface area contributed by atoms with Crippen molar-refractivity contribution in [3.8, 4) is 0 Å². The maximum absolute atomic E-state index is 6.06. The standard InChI is InChI=1S/C19H26N2O/c1-12-4-5-14-10-16-17(22-18(21-16)13-6-7-13)11-15(14)19(12,2)8-9-20-3/h10-13,20H,4-9H2,1-3H3/t12-,19-/m1/s1. The number of nitrogens with one attached hydrogen (secondary N) is 1. The van der Waals surface area contributed by atoms with E-state index in [1.54, 1.807) is 0 Å². The second-order valence-electron chi connectivity index (χ2n) is 7.51. The molecule has 1 fully saturated rings. The summed E-state index contributed by atoms with van der Waals surface area (Å²) >= 11 is 0. The zero-order valence-corrected chi connectivity index (χ0v) is 13.9. The summed E-state index contributed by atoms with van der Waals surface area (Å²) in [5.41, 5.74) is 5.26. The van der Waals surface area contributed by atoms with Gasteiger partial charge in [-0.2, -0.15) is 0 Å². The van der Waals surface area contributed by atoms with E-state index in [1.807, 2.05) is 7.05 Å². The van der Waals surface area contributed by atoms with Crippen LogP contribution in [0.2, 0.25) is 0 Å². The van der Waals surface area contributed by atoms with E-state index in [2.05, 4.69) is 31.3 Å². The molecule has 1 N–H and O–H groups in total. The summed E-state index contributed by atoms with van der Waals surface area (Å²) in [5.74, 6) is 2.25. The normalized spacial score (nSPS) is 28.0. The Morgan fingerprint density at radius 2 is 2.14 bits per heavy atom. The maximum Gasteiger partial charge on any atom is 0.198 e. The zero-order chi connectivity index (χ0) is 15.3. The third-order valence-corrected chi connectivity index (χ3v) is 6.00. The fourth-order valence-corrected chi connectivity index (χ4v) is 4.00. The average Bonchev–Trinajstić information content (AvgIpc) is 3.28. The lowest BCUT2D eigenvalue weighted by Crippen LogP contribution is -2.37. The van der Waals surface area contributed by atoms with Gasteiger partial charge in [-0.25, -0.2) is 4.98 Å². The summed E-state index contributed by atoms with van der Waals surface area (Å²) in [7, 11) is 2.04. The number of aromatic nitrogens is 1. The average molecular weight is 298 g/mol. The van der Waals surface area contributed by atoms with Crippen LogP contribution in [-0.4, -0.2) is 18.6 Å². The van der Waals surface area contributed by atoms with Crippen molar-refractivity contribution >= 4 is 11.1 Å². The van der Waals surface area contributed by atoms with E-state index < -0.39 is 0 Å². The summed E-state index contributed by atoms with van der Waals surface area (Å²) in [6.45, 7) is 5.89. The highest BCUT2D eigenvalue weighted by Gasteiger charge is 2.38. The molecular formula is C19H26N2O. The molecule has 4 rings (SSSR count). The lowest BCUT2D eigenvalue weighted by Gasteiger charge is -2.41. The molecule has 3 heteroatoms. The molecule has 0 radical (unpaired) electrons. The van der Waals surface area contributed by atoms with Gasteiger partial charge < -0.3 is 9.73 Å². The molecule has 2 atom stereocenters. The van der Waals surface area contributed by atoms with E-state index in [4.69, 9.17) is 9.40 Å². The summed E-state index contributed by atoms with van der Waals surface area (Å²) < 4.78 is 6.06. The Balaban J connectivity index is 1.80. The molecule has 1 aromatic carbocycles. The van der Waals surface area contributed by atoms with Crippen LogP contribution in [-0.2, 0) is 11.8 Å². The predicted molar refractivity (Wildman–Crippen MR) is 89.4 cm³/mol. The number of nitrogens with zero attached hydrogens (tertiary/aromatic N) is 1. The number of oxazole rings is 1. The van der Waals surface area contributed by atoms with Crippen LogP contribution in [0.4, 0.5) is 0 Å². The van der Waals surface area contributed by atoms with E-state index in [9.17, 15) is 0 Å². The van der Waals surface area contributed by atoms with Crippen molar-refractivity contribution in [2.24, 2.45) is 5.92 Å². The molecule has 2 aliphatic rings. The van der Waals surface area contributed by atoms with Crippen molar-refractivity contribution in [2.45, 2.75) is 57.3 Å². The van der Waals surface area contributed by atoms with E-state index >= 15 is 0 Å². The molecular weight excluding hydrogens is 272 g/mol. The smallest absolute Gasteiger partial charge is 0.198 e. The van der Waals surface area contributed by atoms with Gasteiger partial charge in [0.05, 0.1) is 0 Å². The molecule has 0 bridgehead atoms. The van der Waals surface area contributed by atoms with Gasteiger partial charge in [-0.15, -0.1) is 0 Å². The van der Waals surface area contributed by atoms with E-state index in [-0.39, 0.29) is 5.41 Å². The number of hydrogen-bond acceptors (Lipinski definition) is 3. The summed E-state index contributed by atoms with van der Waals surface area (Å²) in [6.07, 6.45) is 6.10. The number of rotatable bonds is 4. The zero-order valence-electron chi connectivity index (χ0n) is 13.9. The van der Waals surface area contributed by atoms with E-state index in [0.29, 0.717) is 11.8 Å². The molecule has 0 spiro atoms. The Kier molecular flexibility index (Phi) is 3.30. The quantitative estimate of drug-likeness (QED) is 0.921. The molecule has 22 heavy (non-hydrogen) atoms. The van der Waals surface area contributed by atoms with Crippen LogP contribution in [0, 0.1) is 5.92 Å². The minimum absolute atomic E-state index is 0.233. The topological polar surface area (TPSA) is 38.1 Å². The third-order valence-electron chi connectivity index (χ3n) is 6.00. The van der Waals surface area contributed by atoms with Gasteiger partial charge in [-0.05, 0) is 80.3 Å². The van der Waals surface area contributed by atoms with Gasteiger partial charge in [-0.3, -0.25) is 0 Å². The Morgan fingerprint density at radius 3 is 2.86 bits per heavy atom. The molecule has 1 aromatic heterocycles. The molecule has 1 saturated carbocycles. The van der Waals surface area contributed by atoms with Crippen molar-refractivity contribution < 1.29 is 4.42 Å². The second kappa shape index (κ2) is 5.09. The van der Waals surface area contributed by atoms with Gasteiger partial charge in [0.25, 0.3) is 0 Å². The summed E-state index contributed by atoms with van der Waals surface area (Å²) in [4.78, 5) is 4.73. The van der Waals surface area contributed by atoms with Gasteiger partial charge in [0.15, 0.2) is 11.5 Å². The van der Waals surface area contributed by atoms with Gasteiger partial charge in [0.1, 0.15) is 5.52 Å².